The van der Waals surface area contributed by atoms with E-state index in [4.69, 9.17) is 4.74 Å². The van der Waals surface area contributed by atoms with Crippen LogP contribution in [0.3, 0.4) is 0 Å². The van der Waals surface area contributed by atoms with E-state index in [9.17, 15) is 24.0 Å². The topological polar surface area (TPSA) is 161 Å². The van der Waals surface area contributed by atoms with Crippen LogP contribution in [-0.4, -0.2) is 110 Å². The number of aryl methyl sites for hydroxylation is 1. The van der Waals surface area contributed by atoms with Gasteiger partial charge in [0.25, 0.3) is 0 Å². The van der Waals surface area contributed by atoms with Crippen LogP contribution in [-0.2, 0) is 35.1 Å². The number of nitrogens with one attached hydrogen (secondary N) is 5. The first kappa shape index (κ1) is 42.4. The molecule has 0 spiro atoms. The van der Waals surface area contributed by atoms with Crippen molar-refractivity contribution >= 4 is 29.5 Å². The number of fused-ring (bicyclic) bond motifs is 1. The summed E-state index contributed by atoms with van der Waals surface area (Å²) in [6.07, 6.45) is 5.73. The fraction of sp³-hybridized carbons (Fsp3) is 0.558. The molecule has 5 rings (SSSR count). The monoisotopic (exact) mass is 769 g/mol. The first-order chi connectivity index (χ1) is 27.1. The molecule has 2 fully saturated rings. The third-order valence-corrected chi connectivity index (χ3v) is 11.3. The standard InChI is InChI=1S/C43H59N7O6/c1-6-34(45-5)40(52)48-38(42(54)49-24-9-10-25-49)32-22-20-30(21-23-32)14-13-27-56-29(3)37(47-39(51)28(2)44-4)43(55)50-26-12-19-36(50)41(53)46-35-18-11-16-31-15-7-8-17-33(31)35/h7-8,15,17,20-23,28-29,34-38,44-45H,6,9-12,16,18-19,24-27H2,1-5H3,(H,46,53)(H,47,51)(H,48,52)/t28-,29?,34-,35-,36-,37+,38+/m1/s1. The van der Waals surface area contributed by atoms with E-state index in [1.54, 1.807) is 62.0 Å². The van der Waals surface area contributed by atoms with Gasteiger partial charge < -0.3 is 41.1 Å². The van der Waals surface area contributed by atoms with E-state index >= 15 is 0 Å². The predicted molar refractivity (Wildman–Crippen MR) is 214 cm³/mol. The Morgan fingerprint density at radius 2 is 1.57 bits per heavy atom. The molecule has 1 unspecified atom stereocenters. The van der Waals surface area contributed by atoms with E-state index in [-0.39, 0.29) is 42.2 Å². The summed E-state index contributed by atoms with van der Waals surface area (Å²) >= 11 is 0. The molecule has 56 heavy (non-hydrogen) atoms. The summed E-state index contributed by atoms with van der Waals surface area (Å²) in [4.78, 5) is 70.8. The van der Waals surface area contributed by atoms with Crippen molar-refractivity contribution in [1.82, 2.24) is 36.4 Å². The quantitative estimate of drug-likeness (QED) is 0.173. The van der Waals surface area contributed by atoms with Crippen LogP contribution >= 0.6 is 0 Å². The lowest BCUT2D eigenvalue weighted by Gasteiger charge is -2.33. The lowest BCUT2D eigenvalue weighted by Crippen LogP contribution is -2.59. The summed E-state index contributed by atoms with van der Waals surface area (Å²) < 4.78 is 6.05. The molecule has 2 heterocycles. The molecule has 2 aromatic carbocycles. The third kappa shape index (κ3) is 10.5. The molecule has 2 aliphatic heterocycles. The molecule has 0 saturated carbocycles. The molecule has 2 aromatic rings. The average molecular weight is 770 g/mol. The first-order valence-electron chi connectivity index (χ1n) is 20.2. The maximum Gasteiger partial charge on any atom is 0.249 e. The van der Waals surface area contributed by atoms with Gasteiger partial charge in [0.15, 0.2) is 0 Å². The molecule has 302 valence electrons. The minimum absolute atomic E-state index is 0.0241. The van der Waals surface area contributed by atoms with Crippen molar-refractivity contribution in [1.29, 1.82) is 0 Å². The number of rotatable bonds is 15. The summed E-state index contributed by atoms with van der Waals surface area (Å²) in [6.45, 7) is 7.05. The minimum atomic E-state index is -1.04. The van der Waals surface area contributed by atoms with Crippen LogP contribution in [0, 0.1) is 11.8 Å². The number of amides is 5. The maximum atomic E-state index is 14.2. The SMILES string of the molecule is CC[C@@H](NC)C(=O)N[C@H](C(=O)N1CCCC1)c1ccc(C#CCOC(C)[C@H](NC(=O)[C@@H](C)NC)C(=O)N2CCC[C@@H]2C(=O)N[C@@H]2CCCc3ccccc32)cc1. The van der Waals surface area contributed by atoms with Gasteiger partial charge in [-0.05, 0) is 108 Å². The Morgan fingerprint density at radius 1 is 0.839 bits per heavy atom. The third-order valence-electron chi connectivity index (χ3n) is 11.3. The van der Waals surface area contributed by atoms with Crippen LogP contribution in [0.2, 0.25) is 0 Å². The Kier molecular flexibility index (Phi) is 15.4. The molecule has 2 saturated heterocycles. The van der Waals surface area contributed by atoms with Gasteiger partial charge >= 0.3 is 0 Å². The zero-order valence-corrected chi connectivity index (χ0v) is 33.5. The van der Waals surface area contributed by atoms with E-state index in [0.717, 1.165) is 37.7 Å². The van der Waals surface area contributed by atoms with Crippen molar-refractivity contribution in [2.45, 2.75) is 114 Å². The molecule has 7 atom stereocenters. The molecule has 3 aliphatic rings. The number of nitrogens with zero attached hydrogens (tertiary/aromatic N) is 2. The van der Waals surface area contributed by atoms with Crippen LogP contribution in [0.4, 0.5) is 0 Å². The normalized spacial score (nSPS) is 20.4. The van der Waals surface area contributed by atoms with Crippen molar-refractivity contribution in [3.63, 3.8) is 0 Å². The van der Waals surface area contributed by atoms with Crippen LogP contribution in [0.25, 0.3) is 0 Å². The lowest BCUT2D eigenvalue weighted by atomic mass is 9.87. The summed E-state index contributed by atoms with van der Waals surface area (Å²) in [5, 5.41) is 15.0. The maximum absolute atomic E-state index is 14.2. The fourth-order valence-electron chi connectivity index (χ4n) is 7.78. The number of carbonyl (C=O) groups is 5. The van der Waals surface area contributed by atoms with E-state index in [0.29, 0.717) is 50.0 Å². The second kappa shape index (κ2) is 20.4. The van der Waals surface area contributed by atoms with Crippen molar-refractivity contribution in [2.24, 2.45) is 0 Å². The second-order valence-corrected chi connectivity index (χ2v) is 15.0. The first-order valence-corrected chi connectivity index (χ1v) is 20.2. The number of hydrogen-bond acceptors (Lipinski definition) is 8. The minimum Gasteiger partial charge on any atom is -0.363 e. The molecule has 5 amide bonds. The van der Waals surface area contributed by atoms with Gasteiger partial charge in [0.2, 0.25) is 29.5 Å². The van der Waals surface area contributed by atoms with E-state index < -0.39 is 36.3 Å². The second-order valence-electron chi connectivity index (χ2n) is 15.0. The van der Waals surface area contributed by atoms with Crippen molar-refractivity contribution in [3.05, 3.63) is 70.8 Å². The average Bonchev–Trinajstić information content (AvgIpc) is 3.95. The molecule has 0 radical (unpaired) electrons. The highest BCUT2D eigenvalue weighted by Gasteiger charge is 2.41. The number of benzene rings is 2. The predicted octanol–water partition coefficient (Wildman–Crippen LogP) is 2.50. The number of ether oxygens (including phenoxy) is 1. The highest BCUT2D eigenvalue weighted by molar-refractivity contribution is 5.94. The molecular weight excluding hydrogens is 711 g/mol. The van der Waals surface area contributed by atoms with Gasteiger partial charge in [-0.25, -0.2) is 0 Å². The van der Waals surface area contributed by atoms with Crippen LogP contribution in [0.1, 0.15) is 100 Å². The number of hydrogen-bond donors (Lipinski definition) is 5. The Bertz CT molecular complexity index is 1750. The summed E-state index contributed by atoms with van der Waals surface area (Å²) in [6, 6.07) is 11.8. The molecule has 5 N–H and O–H groups in total. The molecule has 0 aromatic heterocycles. The number of carbonyl (C=O) groups excluding carboxylic acids is 5. The Morgan fingerprint density at radius 3 is 2.27 bits per heavy atom. The van der Waals surface area contributed by atoms with Crippen molar-refractivity contribution in [3.8, 4) is 11.8 Å². The lowest BCUT2D eigenvalue weighted by molar-refractivity contribution is -0.145. The van der Waals surface area contributed by atoms with Crippen molar-refractivity contribution in [2.75, 3.05) is 40.3 Å². The van der Waals surface area contributed by atoms with Gasteiger partial charge in [-0.1, -0.05) is 55.2 Å². The fourth-order valence-corrected chi connectivity index (χ4v) is 7.78. The van der Waals surface area contributed by atoms with Crippen LogP contribution < -0.4 is 26.6 Å². The van der Waals surface area contributed by atoms with Crippen molar-refractivity contribution < 1.29 is 28.7 Å². The van der Waals surface area contributed by atoms with Gasteiger partial charge in [0.05, 0.1) is 24.2 Å². The smallest absolute Gasteiger partial charge is 0.249 e. The van der Waals surface area contributed by atoms with E-state index in [1.807, 2.05) is 19.1 Å². The summed E-state index contributed by atoms with van der Waals surface area (Å²) in [5.41, 5.74) is 3.72. The molecule has 1 aliphatic carbocycles. The summed E-state index contributed by atoms with van der Waals surface area (Å²) in [7, 11) is 3.39. The zero-order chi connectivity index (χ0) is 40.2. The largest absolute Gasteiger partial charge is 0.363 e. The van der Waals surface area contributed by atoms with Gasteiger partial charge in [-0.3, -0.25) is 24.0 Å². The molecule has 0 bridgehead atoms. The van der Waals surface area contributed by atoms with E-state index in [2.05, 4.69) is 50.6 Å². The van der Waals surface area contributed by atoms with Crippen LogP contribution in [0.15, 0.2) is 48.5 Å². The Hall–Kier alpha value is -4.77. The van der Waals surface area contributed by atoms with Gasteiger partial charge in [0.1, 0.15) is 24.7 Å². The molecular formula is C43H59N7O6. The highest BCUT2D eigenvalue weighted by Crippen LogP contribution is 2.30. The zero-order valence-electron chi connectivity index (χ0n) is 33.5. The molecule has 13 nitrogen and oxygen atoms in total. The van der Waals surface area contributed by atoms with Gasteiger partial charge in [0, 0.05) is 25.2 Å². The summed E-state index contributed by atoms with van der Waals surface area (Å²) in [5.74, 6) is 4.80. The van der Waals surface area contributed by atoms with Crippen LogP contribution in [0.5, 0.6) is 0 Å². The highest BCUT2D eigenvalue weighted by atomic mass is 16.5. The number of likely N-dealkylation sites (tertiary alicyclic amines) is 2. The Balaban J connectivity index is 1.24. The Labute approximate surface area is 331 Å². The molecule has 13 heteroatoms. The number of likely N-dealkylation sites (N-methyl/N-ethyl adjacent to an activating group) is 2. The van der Waals surface area contributed by atoms with E-state index in [1.165, 1.54) is 5.56 Å². The van der Waals surface area contributed by atoms with Gasteiger partial charge in [-0.2, -0.15) is 0 Å². The van der Waals surface area contributed by atoms with Gasteiger partial charge in [-0.15, -0.1) is 0 Å².